The number of hydrogen-bond donors (Lipinski definition) is 1. The quantitative estimate of drug-likeness (QED) is 0.896. The van der Waals surface area contributed by atoms with Gasteiger partial charge in [0.2, 0.25) is 5.88 Å². The van der Waals surface area contributed by atoms with E-state index in [1.807, 2.05) is 24.3 Å². The number of aromatic nitrogens is 1. The third-order valence-electron chi connectivity index (χ3n) is 2.76. The first-order chi connectivity index (χ1) is 9.63. The molecule has 0 aliphatic rings. The summed E-state index contributed by atoms with van der Waals surface area (Å²) < 4.78 is 6.08. The topological polar surface area (TPSA) is 42.4 Å². The molecule has 0 bridgehead atoms. The maximum absolute atomic E-state index is 9.33. The van der Waals surface area contributed by atoms with Gasteiger partial charge < -0.3 is 9.84 Å². The molecular formula is C15H13BrClNO2. The molecule has 0 saturated heterocycles. The minimum atomic E-state index is -0.0370. The Balaban J connectivity index is 2.38. The molecule has 20 heavy (non-hydrogen) atoms. The average molecular weight is 355 g/mol. The lowest BCUT2D eigenvalue weighted by Crippen LogP contribution is -1.91. The van der Waals surface area contributed by atoms with E-state index in [1.165, 1.54) is 0 Å². The zero-order valence-electron chi connectivity index (χ0n) is 10.8. The zero-order valence-corrected chi connectivity index (χ0v) is 13.1. The summed E-state index contributed by atoms with van der Waals surface area (Å²) in [6.45, 7) is -0.0370. The number of nitrogens with zero attached hydrogens (tertiary/aromatic N) is 1. The summed E-state index contributed by atoms with van der Waals surface area (Å²) in [5, 5.41) is 9.96. The number of aliphatic hydroxyl groups is 1. The second kappa shape index (κ2) is 6.88. The molecule has 0 fully saturated rings. The molecule has 2 aromatic rings. The van der Waals surface area contributed by atoms with E-state index in [1.54, 1.807) is 25.4 Å². The van der Waals surface area contributed by atoms with Crippen LogP contribution < -0.4 is 4.74 Å². The van der Waals surface area contributed by atoms with Gasteiger partial charge >= 0.3 is 0 Å². The Morgan fingerprint density at radius 1 is 1.30 bits per heavy atom. The summed E-state index contributed by atoms with van der Waals surface area (Å²) >= 11 is 9.36. The van der Waals surface area contributed by atoms with E-state index >= 15 is 0 Å². The van der Waals surface area contributed by atoms with Gasteiger partial charge in [0.05, 0.1) is 13.7 Å². The van der Waals surface area contributed by atoms with Crippen molar-refractivity contribution in [2.45, 2.75) is 6.61 Å². The number of methoxy groups -OCH3 is 1. The van der Waals surface area contributed by atoms with Gasteiger partial charge in [0, 0.05) is 21.3 Å². The van der Waals surface area contributed by atoms with Crippen molar-refractivity contribution in [1.29, 1.82) is 0 Å². The number of benzene rings is 1. The number of pyridine rings is 1. The molecule has 0 amide bonds. The van der Waals surface area contributed by atoms with Gasteiger partial charge in [0.15, 0.2) is 0 Å². The molecule has 5 heteroatoms. The first-order valence-electron chi connectivity index (χ1n) is 5.91. The van der Waals surface area contributed by atoms with Crippen molar-refractivity contribution in [3.8, 4) is 5.88 Å². The van der Waals surface area contributed by atoms with Crippen molar-refractivity contribution < 1.29 is 9.84 Å². The molecule has 3 nitrogen and oxygen atoms in total. The Morgan fingerprint density at radius 3 is 2.75 bits per heavy atom. The first kappa shape index (κ1) is 15.0. The van der Waals surface area contributed by atoms with E-state index in [0.29, 0.717) is 10.9 Å². The van der Waals surface area contributed by atoms with E-state index in [0.717, 1.165) is 21.2 Å². The molecule has 2 rings (SSSR count). The van der Waals surface area contributed by atoms with Crippen LogP contribution >= 0.6 is 27.5 Å². The summed E-state index contributed by atoms with van der Waals surface area (Å²) in [7, 11) is 1.58. The van der Waals surface area contributed by atoms with Gasteiger partial charge in [-0.3, -0.25) is 0 Å². The monoisotopic (exact) mass is 353 g/mol. The molecule has 0 radical (unpaired) electrons. The molecule has 1 N–H and O–H groups in total. The van der Waals surface area contributed by atoms with Crippen LogP contribution in [0.2, 0.25) is 5.02 Å². The highest BCUT2D eigenvalue weighted by molar-refractivity contribution is 9.10. The summed E-state index contributed by atoms with van der Waals surface area (Å²) in [5.41, 5.74) is 2.51. The average Bonchev–Trinajstić information content (AvgIpc) is 2.45. The maximum Gasteiger partial charge on any atom is 0.220 e. The smallest absolute Gasteiger partial charge is 0.220 e. The van der Waals surface area contributed by atoms with E-state index in [-0.39, 0.29) is 6.61 Å². The van der Waals surface area contributed by atoms with Gasteiger partial charge in [-0.1, -0.05) is 23.7 Å². The lowest BCUT2D eigenvalue weighted by Gasteiger charge is -2.05. The van der Waals surface area contributed by atoms with Crippen molar-refractivity contribution in [2.24, 2.45) is 0 Å². The maximum atomic E-state index is 9.33. The highest BCUT2D eigenvalue weighted by Crippen LogP contribution is 2.24. The molecule has 1 aromatic carbocycles. The van der Waals surface area contributed by atoms with Gasteiger partial charge in [0.25, 0.3) is 0 Å². The van der Waals surface area contributed by atoms with Crippen LogP contribution in [0.15, 0.2) is 34.9 Å². The van der Waals surface area contributed by atoms with Crippen LogP contribution in [0, 0.1) is 0 Å². The summed E-state index contributed by atoms with van der Waals surface area (Å²) in [6.07, 6.45) is 5.43. The fourth-order valence-electron chi connectivity index (χ4n) is 1.78. The number of hydrogen-bond acceptors (Lipinski definition) is 3. The van der Waals surface area contributed by atoms with Crippen molar-refractivity contribution in [1.82, 2.24) is 4.98 Å². The van der Waals surface area contributed by atoms with E-state index in [2.05, 4.69) is 20.9 Å². The molecule has 1 aromatic heterocycles. The number of halogens is 2. The normalized spacial score (nSPS) is 11.0. The third-order valence-corrected chi connectivity index (χ3v) is 3.43. The number of rotatable bonds is 4. The molecule has 0 unspecified atom stereocenters. The second-order valence-electron chi connectivity index (χ2n) is 4.09. The first-order valence-corrected chi connectivity index (χ1v) is 7.08. The summed E-state index contributed by atoms with van der Waals surface area (Å²) in [4.78, 5) is 4.17. The highest BCUT2D eigenvalue weighted by Gasteiger charge is 2.03. The Kier molecular flexibility index (Phi) is 5.17. The zero-order chi connectivity index (χ0) is 14.5. The van der Waals surface area contributed by atoms with Crippen LogP contribution in [0.3, 0.4) is 0 Å². The Bertz CT molecular complexity index is 588. The predicted octanol–water partition coefficient (Wildman–Crippen LogP) is 4.17. The van der Waals surface area contributed by atoms with Crippen LogP contribution in [0.4, 0.5) is 0 Å². The minimum Gasteiger partial charge on any atom is -0.481 e. The van der Waals surface area contributed by atoms with Gasteiger partial charge in [-0.05, 0) is 51.3 Å². The Hall–Kier alpha value is -1.36. The van der Waals surface area contributed by atoms with Crippen LogP contribution in [-0.4, -0.2) is 17.2 Å². The van der Waals surface area contributed by atoms with Crippen LogP contribution in [0.1, 0.15) is 16.7 Å². The van der Waals surface area contributed by atoms with Crippen molar-refractivity contribution >= 4 is 39.7 Å². The predicted molar refractivity (Wildman–Crippen MR) is 84.8 cm³/mol. The summed E-state index contributed by atoms with van der Waals surface area (Å²) in [6, 6.07) is 7.27. The Morgan fingerprint density at radius 2 is 2.05 bits per heavy atom. The van der Waals surface area contributed by atoms with E-state index in [9.17, 15) is 5.11 Å². The summed E-state index contributed by atoms with van der Waals surface area (Å²) in [5.74, 6) is 0.539. The molecular weight excluding hydrogens is 342 g/mol. The molecule has 1 heterocycles. The van der Waals surface area contributed by atoms with Crippen molar-refractivity contribution in [3.63, 3.8) is 0 Å². The Labute approximate surface area is 131 Å². The standard InChI is InChI=1S/C15H13BrClNO2/c1-20-15-11(6-13(16)8-18-15)3-2-10-7-14(17)5-4-12(10)9-19/h2-8,19H,9H2,1H3. The molecule has 0 spiro atoms. The number of aliphatic hydroxyl groups excluding tert-OH is 1. The molecule has 0 aliphatic heterocycles. The lowest BCUT2D eigenvalue weighted by atomic mass is 10.1. The molecule has 0 atom stereocenters. The third kappa shape index (κ3) is 3.60. The van der Waals surface area contributed by atoms with Crippen LogP contribution in [0.25, 0.3) is 12.2 Å². The van der Waals surface area contributed by atoms with E-state index < -0.39 is 0 Å². The highest BCUT2D eigenvalue weighted by atomic mass is 79.9. The van der Waals surface area contributed by atoms with Gasteiger partial charge in [-0.25, -0.2) is 4.98 Å². The van der Waals surface area contributed by atoms with E-state index in [4.69, 9.17) is 16.3 Å². The SMILES string of the molecule is COc1ncc(Br)cc1C=Cc1cc(Cl)ccc1CO. The molecule has 0 aliphatic carbocycles. The van der Waals surface area contributed by atoms with Crippen LogP contribution in [0.5, 0.6) is 5.88 Å². The van der Waals surface area contributed by atoms with Crippen molar-refractivity contribution in [2.75, 3.05) is 7.11 Å². The lowest BCUT2D eigenvalue weighted by molar-refractivity contribution is 0.281. The van der Waals surface area contributed by atoms with Gasteiger partial charge in [-0.15, -0.1) is 0 Å². The largest absolute Gasteiger partial charge is 0.481 e. The number of ether oxygens (including phenoxy) is 1. The fraction of sp³-hybridized carbons (Fsp3) is 0.133. The second-order valence-corrected chi connectivity index (χ2v) is 5.44. The molecule has 104 valence electrons. The van der Waals surface area contributed by atoms with Gasteiger partial charge in [-0.2, -0.15) is 0 Å². The fourth-order valence-corrected chi connectivity index (χ4v) is 2.31. The minimum absolute atomic E-state index is 0.0370. The van der Waals surface area contributed by atoms with Crippen molar-refractivity contribution in [3.05, 3.63) is 56.6 Å². The van der Waals surface area contributed by atoms with Gasteiger partial charge in [0.1, 0.15) is 0 Å². The van der Waals surface area contributed by atoms with Crippen LogP contribution in [-0.2, 0) is 6.61 Å². The molecule has 0 saturated carbocycles.